The van der Waals surface area contributed by atoms with Gasteiger partial charge in [-0.05, 0) is 23.6 Å². The molecular weight excluding hydrogens is 356 g/mol. The van der Waals surface area contributed by atoms with Crippen molar-refractivity contribution in [3.8, 4) is 0 Å². The number of benzene rings is 1. The molecule has 0 saturated heterocycles. The Bertz CT molecular complexity index is 886. The van der Waals surface area contributed by atoms with Crippen LogP contribution in [0.3, 0.4) is 0 Å². The number of fused-ring (bicyclic) bond motifs is 1. The molecule has 1 aromatic carbocycles. The van der Waals surface area contributed by atoms with E-state index in [1.807, 2.05) is 4.72 Å². The molecule has 1 aromatic heterocycles. The van der Waals surface area contributed by atoms with Crippen LogP contribution in [0, 0.1) is 0 Å². The standard InChI is InChI=1S/C14H10N2O6S2/c17-11(8-15-24(20,21)12-6-3-7-23-12)22-16-13(18)9-4-1-2-5-10(9)14(16)19/h1-7,15H,8H2. The summed E-state index contributed by atoms with van der Waals surface area (Å²) in [6.45, 7) is -0.715. The first-order valence-corrected chi connectivity index (χ1v) is 8.98. The van der Waals surface area contributed by atoms with Crippen molar-refractivity contribution in [3.05, 3.63) is 52.9 Å². The Morgan fingerprint density at radius 2 is 1.71 bits per heavy atom. The minimum Gasteiger partial charge on any atom is -0.328 e. The lowest BCUT2D eigenvalue weighted by Gasteiger charge is -2.12. The molecule has 0 saturated carbocycles. The largest absolute Gasteiger partial charge is 0.347 e. The predicted octanol–water partition coefficient (Wildman–Crippen LogP) is 0.781. The monoisotopic (exact) mass is 366 g/mol. The number of hydroxylamine groups is 2. The fourth-order valence-electron chi connectivity index (χ4n) is 2.03. The highest BCUT2D eigenvalue weighted by Gasteiger charge is 2.38. The zero-order valence-corrected chi connectivity index (χ0v) is 13.6. The Morgan fingerprint density at radius 3 is 2.25 bits per heavy atom. The topological polar surface area (TPSA) is 110 Å². The van der Waals surface area contributed by atoms with E-state index in [4.69, 9.17) is 4.84 Å². The van der Waals surface area contributed by atoms with E-state index >= 15 is 0 Å². The summed E-state index contributed by atoms with van der Waals surface area (Å²) in [6.07, 6.45) is 0. The molecule has 1 aliphatic rings. The second kappa shape index (κ2) is 6.15. The molecule has 2 aromatic rings. The van der Waals surface area contributed by atoms with Crippen molar-refractivity contribution >= 4 is 39.1 Å². The number of thiophene rings is 1. The number of amides is 2. The highest BCUT2D eigenvalue weighted by molar-refractivity contribution is 7.91. The van der Waals surface area contributed by atoms with Gasteiger partial charge in [0.15, 0.2) is 0 Å². The lowest BCUT2D eigenvalue weighted by atomic mass is 10.1. The van der Waals surface area contributed by atoms with Crippen LogP contribution in [0.2, 0.25) is 0 Å². The van der Waals surface area contributed by atoms with Gasteiger partial charge in [0.1, 0.15) is 10.8 Å². The van der Waals surface area contributed by atoms with E-state index in [1.165, 1.54) is 18.2 Å². The molecule has 0 spiro atoms. The van der Waals surface area contributed by atoms with Crippen LogP contribution in [0.5, 0.6) is 0 Å². The van der Waals surface area contributed by atoms with Gasteiger partial charge < -0.3 is 4.84 Å². The summed E-state index contributed by atoms with van der Waals surface area (Å²) in [4.78, 5) is 40.5. The molecule has 3 rings (SSSR count). The minimum atomic E-state index is -3.85. The molecule has 1 N–H and O–H groups in total. The summed E-state index contributed by atoms with van der Waals surface area (Å²) in [5.41, 5.74) is 0.240. The number of nitrogens with zero attached hydrogens (tertiary/aromatic N) is 1. The molecule has 2 heterocycles. The van der Waals surface area contributed by atoms with Crippen LogP contribution in [-0.2, 0) is 19.7 Å². The van der Waals surface area contributed by atoms with Gasteiger partial charge in [0.25, 0.3) is 21.8 Å². The Hall–Kier alpha value is -2.56. The van der Waals surface area contributed by atoms with Crippen molar-refractivity contribution in [2.24, 2.45) is 0 Å². The maximum absolute atomic E-state index is 12.0. The quantitative estimate of drug-likeness (QED) is 0.783. The Labute approximate surface area is 140 Å². The fraction of sp³-hybridized carbons (Fsp3) is 0.0714. The summed E-state index contributed by atoms with van der Waals surface area (Å²) >= 11 is 0.986. The van der Waals surface area contributed by atoms with Crippen LogP contribution in [0.25, 0.3) is 0 Å². The average molecular weight is 366 g/mol. The van der Waals surface area contributed by atoms with E-state index in [0.29, 0.717) is 5.06 Å². The average Bonchev–Trinajstić information content (AvgIpc) is 3.18. The van der Waals surface area contributed by atoms with Crippen LogP contribution in [0.15, 0.2) is 46.0 Å². The molecule has 0 fully saturated rings. The summed E-state index contributed by atoms with van der Waals surface area (Å²) in [6, 6.07) is 8.94. The summed E-state index contributed by atoms with van der Waals surface area (Å²) < 4.78 is 25.9. The number of imide groups is 1. The van der Waals surface area contributed by atoms with Crippen molar-refractivity contribution in [2.75, 3.05) is 6.54 Å². The molecule has 0 aliphatic carbocycles. The summed E-state index contributed by atoms with van der Waals surface area (Å²) in [7, 11) is -3.85. The maximum Gasteiger partial charge on any atom is 0.347 e. The van der Waals surface area contributed by atoms with Crippen molar-refractivity contribution in [1.82, 2.24) is 9.79 Å². The minimum absolute atomic E-state index is 0.0380. The lowest BCUT2D eigenvalue weighted by Crippen LogP contribution is -2.37. The van der Waals surface area contributed by atoms with E-state index in [1.54, 1.807) is 23.6 Å². The highest BCUT2D eigenvalue weighted by atomic mass is 32.2. The molecule has 1 aliphatic heterocycles. The van der Waals surface area contributed by atoms with Gasteiger partial charge in [0.05, 0.1) is 11.1 Å². The molecule has 10 heteroatoms. The molecule has 2 amide bonds. The van der Waals surface area contributed by atoms with E-state index in [2.05, 4.69) is 0 Å². The number of carbonyl (C=O) groups is 3. The van der Waals surface area contributed by atoms with Gasteiger partial charge in [-0.15, -0.1) is 11.3 Å². The number of nitrogens with one attached hydrogen (secondary N) is 1. The van der Waals surface area contributed by atoms with E-state index in [-0.39, 0.29) is 15.3 Å². The van der Waals surface area contributed by atoms with Gasteiger partial charge in [-0.25, -0.2) is 13.2 Å². The number of carbonyl (C=O) groups excluding carboxylic acids is 3. The highest BCUT2D eigenvalue weighted by Crippen LogP contribution is 2.22. The van der Waals surface area contributed by atoms with Crippen LogP contribution in [0.1, 0.15) is 20.7 Å². The second-order valence-electron chi connectivity index (χ2n) is 4.67. The van der Waals surface area contributed by atoms with Crippen LogP contribution < -0.4 is 4.72 Å². The first kappa shape index (κ1) is 16.3. The fourth-order valence-corrected chi connectivity index (χ4v) is 4.03. The number of rotatable bonds is 5. The van der Waals surface area contributed by atoms with Gasteiger partial charge in [-0.3, -0.25) is 9.59 Å². The maximum atomic E-state index is 12.0. The number of sulfonamides is 1. The smallest absolute Gasteiger partial charge is 0.328 e. The molecular formula is C14H10N2O6S2. The van der Waals surface area contributed by atoms with E-state index in [9.17, 15) is 22.8 Å². The lowest BCUT2D eigenvalue weighted by molar-refractivity contribution is -0.166. The number of hydrogen-bond donors (Lipinski definition) is 1. The van der Waals surface area contributed by atoms with Crippen molar-refractivity contribution in [2.45, 2.75) is 4.21 Å². The Kier molecular flexibility index (Phi) is 4.18. The molecule has 8 nitrogen and oxygen atoms in total. The second-order valence-corrected chi connectivity index (χ2v) is 7.61. The van der Waals surface area contributed by atoms with Crippen molar-refractivity contribution < 1.29 is 27.6 Å². The zero-order valence-electron chi connectivity index (χ0n) is 12.0. The van der Waals surface area contributed by atoms with Gasteiger partial charge >= 0.3 is 5.97 Å². The van der Waals surface area contributed by atoms with Crippen molar-refractivity contribution in [1.29, 1.82) is 0 Å². The molecule has 0 atom stereocenters. The van der Waals surface area contributed by atoms with E-state index < -0.39 is 34.4 Å². The summed E-state index contributed by atoms with van der Waals surface area (Å²) in [5, 5.41) is 1.90. The van der Waals surface area contributed by atoms with Crippen LogP contribution >= 0.6 is 11.3 Å². The molecule has 0 bridgehead atoms. The van der Waals surface area contributed by atoms with Crippen LogP contribution in [0.4, 0.5) is 0 Å². The van der Waals surface area contributed by atoms with Crippen LogP contribution in [-0.4, -0.2) is 37.8 Å². The third-order valence-corrected chi connectivity index (χ3v) is 5.92. The molecule has 24 heavy (non-hydrogen) atoms. The first-order chi connectivity index (χ1) is 11.4. The van der Waals surface area contributed by atoms with E-state index in [0.717, 1.165) is 11.3 Å². The molecule has 0 radical (unpaired) electrons. The third-order valence-electron chi connectivity index (χ3n) is 3.12. The Balaban J connectivity index is 1.64. The normalized spacial score (nSPS) is 13.9. The third kappa shape index (κ3) is 2.94. The zero-order chi connectivity index (χ0) is 17.3. The van der Waals surface area contributed by atoms with Gasteiger partial charge in [-0.2, -0.15) is 4.72 Å². The van der Waals surface area contributed by atoms with Crippen molar-refractivity contribution in [3.63, 3.8) is 0 Å². The first-order valence-electron chi connectivity index (χ1n) is 6.62. The van der Waals surface area contributed by atoms with Gasteiger partial charge in [0, 0.05) is 0 Å². The van der Waals surface area contributed by atoms with Gasteiger partial charge in [0.2, 0.25) is 0 Å². The SMILES string of the molecule is O=C(CNS(=O)(=O)c1cccs1)ON1C(=O)c2ccccc2C1=O. The predicted molar refractivity (Wildman–Crippen MR) is 82.5 cm³/mol. The number of hydrogen-bond acceptors (Lipinski definition) is 7. The van der Waals surface area contributed by atoms with Gasteiger partial charge in [-0.1, -0.05) is 23.3 Å². The summed E-state index contributed by atoms with van der Waals surface area (Å²) in [5.74, 6) is -2.63. The molecule has 124 valence electrons. The molecule has 0 unspecified atom stereocenters. The Morgan fingerprint density at radius 1 is 1.08 bits per heavy atom.